The van der Waals surface area contributed by atoms with Crippen LogP contribution < -0.4 is 20.7 Å². The fourth-order valence-corrected chi connectivity index (χ4v) is 5.21. The summed E-state index contributed by atoms with van der Waals surface area (Å²) in [5.74, 6) is -0.883. The van der Waals surface area contributed by atoms with Crippen molar-refractivity contribution in [3.05, 3.63) is 39.8 Å². The molecule has 0 saturated heterocycles. The fourth-order valence-electron chi connectivity index (χ4n) is 3.93. The zero-order valence-corrected chi connectivity index (χ0v) is 18.8. The lowest BCUT2D eigenvalue weighted by molar-refractivity contribution is -0.143. The molecule has 1 aliphatic carbocycles. The summed E-state index contributed by atoms with van der Waals surface area (Å²) in [5.41, 5.74) is 1.31. The van der Waals surface area contributed by atoms with Gasteiger partial charge in [0.1, 0.15) is 10.8 Å². The first-order valence-electron chi connectivity index (χ1n) is 10.7. The predicted octanol–water partition coefficient (Wildman–Crippen LogP) is 3.80. The van der Waals surface area contributed by atoms with Crippen LogP contribution in [-0.4, -0.2) is 29.9 Å². The van der Waals surface area contributed by atoms with E-state index in [2.05, 4.69) is 16.0 Å². The Morgan fingerprint density at radius 3 is 2.81 bits per heavy atom. The van der Waals surface area contributed by atoms with E-state index < -0.39 is 17.4 Å². The average molecular weight is 442 g/mol. The summed E-state index contributed by atoms with van der Waals surface area (Å²) in [6, 6.07) is 5.40. The number of carbonyl (C=O) groups is 3. The van der Waals surface area contributed by atoms with Crippen LogP contribution in [-0.2, 0) is 22.4 Å². The number of rotatable bonds is 5. The second-order valence-electron chi connectivity index (χ2n) is 8.21. The van der Waals surface area contributed by atoms with Gasteiger partial charge in [-0.3, -0.25) is 14.4 Å². The number of hydrogen-bond donors (Lipinski definition) is 3. The molecule has 7 nitrogen and oxygen atoms in total. The number of amides is 3. The zero-order valence-electron chi connectivity index (χ0n) is 18.0. The van der Waals surface area contributed by atoms with Gasteiger partial charge in [-0.25, -0.2) is 0 Å². The van der Waals surface area contributed by atoms with Gasteiger partial charge in [-0.15, -0.1) is 11.3 Å². The average Bonchev–Trinajstić information content (AvgIpc) is 3.11. The molecular formula is C23H27N3O4S. The van der Waals surface area contributed by atoms with Crippen molar-refractivity contribution in [3.8, 4) is 5.75 Å². The molecule has 4 rings (SSSR count). The van der Waals surface area contributed by atoms with Crippen molar-refractivity contribution in [2.75, 3.05) is 17.2 Å². The highest BCUT2D eigenvalue weighted by Crippen LogP contribution is 2.40. The van der Waals surface area contributed by atoms with Gasteiger partial charge in [0.15, 0.2) is 0 Å². The van der Waals surface area contributed by atoms with Crippen molar-refractivity contribution in [1.82, 2.24) is 5.32 Å². The number of anilines is 2. The molecule has 31 heavy (non-hydrogen) atoms. The molecule has 2 aliphatic rings. The Hall–Kier alpha value is -2.87. The fraction of sp³-hybridized carbons (Fsp3) is 0.435. The van der Waals surface area contributed by atoms with E-state index in [0.29, 0.717) is 28.5 Å². The molecule has 3 N–H and O–H groups in total. The van der Waals surface area contributed by atoms with Gasteiger partial charge in [0.25, 0.3) is 23.3 Å². The van der Waals surface area contributed by atoms with Crippen molar-refractivity contribution in [2.24, 2.45) is 0 Å². The predicted molar refractivity (Wildman–Crippen MR) is 121 cm³/mol. The van der Waals surface area contributed by atoms with Gasteiger partial charge in [0, 0.05) is 11.4 Å². The molecule has 8 heteroatoms. The molecule has 164 valence electrons. The summed E-state index contributed by atoms with van der Waals surface area (Å²) >= 11 is 1.42. The minimum Gasteiger partial charge on any atom is -0.466 e. The third-order valence-electron chi connectivity index (χ3n) is 5.72. The molecule has 1 atom stereocenters. The first kappa shape index (κ1) is 21.4. The molecule has 1 unspecified atom stereocenters. The second kappa shape index (κ2) is 8.34. The van der Waals surface area contributed by atoms with E-state index in [1.807, 2.05) is 19.9 Å². The van der Waals surface area contributed by atoms with Gasteiger partial charge in [-0.05, 0) is 69.2 Å². The maximum atomic E-state index is 13.3. The summed E-state index contributed by atoms with van der Waals surface area (Å²) in [7, 11) is 0. The summed E-state index contributed by atoms with van der Waals surface area (Å²) in [6.07, 6.45) is 4.62. The van der Waals surface area contributed by atoms with Crippen LogP contribution in [0.2, 0.25) is 0 Å². The van der Waals surface area contributed by atoms with Gasteiger partial charge < -0.3 is 20.7 Å². The Morgan fingerprint density at radius 2 is 2.03 bits per heavy atom. The lowest BCUT2D eigenvalue weighted by atomic mass is 9.95. The Kier molecular flexibility index (Phi) is 5.75. The number of carbonyl (C=O) groups excluding carboxylic acids is 3. The third-order valence-corrected chi connectivity index (χ3v) is 6.93. The van der Waals surface area contributed by atoms with E-state index in [4.69, 9.17) is 4.74 Å². The van der Waals surface area contributed by atoms with Crippen LogP contribution >= 0.6 is 11.3 Å². The molecule has 1 aliphatic heterocycles. The third kappa shape index (κ3) is 3.92. The van der Waals surface area contributed by atoms with E-state index >= 15 is 0 Å². The van der Waals surface area contributed by atoms with Crippen LogP contribution in [0.3, 0.4) is 0 Å². The van der Waals surface area contributed by atoms with Crippen LogP contribution in [0.5, 0.6) is 5.75 Å². The highest BCUT2D eigenvalue weighted by atomic mass is 32.1. The maximum absolute atomic E-state index is 13.3. The molecule has 0 saturated carbocycles. The topological polar surface area (TPSA) is 96.5 Å². The van der Waals surface area contributed by atoms with E-state index in [-0.39, 0.29) is 5.91 Å². The molecule has 1 aromatic carbocycles. The Bertz CT molecular complexity index is 1060. The number of aryl methyl sites for hydroxylation is 2. The first-order valence-corrected chi connectivity index (χ1v) is 11.5. The van der Waals surface area contributed by atoms with Crippen LogP contribution in [0.4, 0.5) is 10.7 Å². The van der Waals surface area contributed by atoms with Gasteiger partial charge in [-0.1, -0.05) is 13.0 Å². The van der Waals surface area contributed by atoms with Crippen molar-refractivity contribution in [3.63, 3.8) is 0 Å². The molecule has 0 fully saturated rings. The maximum Gasteiger partial charge on any atom is 0.278 e. The lowest BCUT2D eigenvalue weighted by Crippen LogP contribution is -2.56. The largest absolute Gasteiger partial charge is 0.466 e. The quantitative estimate of drug-likeness (QED) is 0.615. The van der Waals surface area contributed by atoms with Gasteiger partial charge in [0.2, 0.25) is 0 Å². The SMILES string of the molecule is CCCNC(=O)c1c(NC(=O)C2(C)Oc3ccc(C)cc3NC2=O)sc2c1CCCC2. The molecular weight excluding hydrogens is 414 g/mol. The Labute approximate surface area is 185 Å². The van der Waals surface area contributed by atoms with Crippen molar-refractivity contribution in [2.45, 2.75) is 58.5 Å². The smallest absolute Gasteiger partial charge is 0.278 e. The molecule has 0 bridgehead atoms. The van der Waals surface area contributed by atoms with Gasteiger partial charge >= 0.3 is 0 Å². The molecule has 0 spiro atoms. The van der Waals surface area contributed by atoms with E-state index in [1.165, 1.54) is 18.3 Å². The molecule has 2 aromatic rings. The summed E-state index contributed by atoms with van der Waals surface area (Å²) in [4.78, 5) is 40.1. The molecule has 0 radical (unpaired) electrons. The first-order chi connectivity index (χ1) is 14.8. The summed E-state index contributed by atoms with van der Waals surface area (Å²) in [5, 5.41) is 9.02. The van der Waals surface area contributed by atoms with Crippen LogP contribution in [0.1, 0.15) is 59.5 Å². The minimum absolute atomic E-state index is 0.184. The summed E-state index contributed by atoms with van der Waals surface area (Å²) in [6.45, 7) is 5.92. The van der Waals surface area contributed by atoms with Gasteiger partial charge in [-0.2, -0.15) is 0 Å². The minimum atomic E-state index is -1.75. The number of thiophene rings is 1. The number of hydrogen-bond acceptors (Lipinski definition) is 5. The lowest BCUT2D eigenvalue weighted by Gasteiger charge is -2.33. The highest BCUT2D eigenvalue weighted by molar-refractivity contribution is 7.17. The van der Waals surface area contributed by atoms with Crippen molar-refractivity contribution in [1.29, 1.82) is 0 Å². The van der Waals surface area contributed by atoms with Crippen LogP contribution in [0.25, 0.3) is 0 Å². The standard InChI is InChI=1S/C23H27N3O4S/c1-4-11-24-19(27)18-14-7-5-6-8-17(14)31-20(18)26-22(29)23(3)21(28)25-15-12-13(2)9-10-16(15)30-23/h9-10,12H,4-8,11H2,1-3H3,(H,24,27)(H,25,28)(H,26,29). The summed E-state index contributed by atoms with van der Waals surface area (Å²) < 4.78 is 5.87. The van der Waals surface area contributed by atoms with Gasteiger partial charge in [0.05, 0.1) is 11.3 Å². The van der Waals surface area contributed by atoms with Crippen LogP contribution in [0, 0.1) is 6.92 Å². The number of benzene rings is 1. The van der Waals surface area contributed by atoms with Crippen LogP contribution in [0.15, 0.2) is 18.2 Å². The second-order valence-corrected chi connectivity index (χ2v) is 9.32. The number of ether oxygens (including phenoxy) is 1. The van der Waals surface area contributed by atoms with Crippen molar-refractivity contribution < 1.29 is 19.1 Å². The van der Waals surface area contributed by atoms with E-state index in [0.717, 1.165) is 48.1 Å². The highest BCUT2D eigenvalue weighted by Gasteiger charge is 2.48. The Morgan fingerprint density at radius 1 is 1.26 bits per heavy atom. The monoisotopic (exact) mass is 441 g/mol. The van der Waals surface area contributed by atoms with Crippen molar-refractivity contribution >= 4 is 39.7 Å². The Balaban J connectivity index is 1.63. The molecule has 2 heterocycles. The number of nitrogens with one attached hydrogen (secondary N) is 3. The zero-order chi connectivity index (χ0) is 22.2. The molecule has 3 amide bonds. The normalized spacial score (nSPS) is 19.5. The number of fused-ring (bicyclic) bond motifs is 2. The van der Waals surface area contributed by atoms with E-state index in [1.54, 1.807) is 12.1 Å². The van der Waals surface area contributed by atoms with E-state index in [9.17, 15) is 14.4 Å². The molecule has 1 aromatic heterocycles.